The van der Waals surface area contributed by atoms with Gasteiger partial charge in [0.25, 0.3) is 5.69 Å². The molecule has 8 heteroatoms. The highest BCUT2D eigenvalue weighted by Crippen LogP contribution is 2.29. The lowest BCUT2D eigenvalue weighted by atomic mass is 10.3. The van der Waals surface area contributed by atoms with Crippen molar-refractivity contribution in [1.82, 2.24) is 4.98 Å². The van der Waals surface area contributed by atoms with E-state index in [2.05, 4.69) is 20.9 Å². The number of ether oxygens (including phenoxy) is 1. The molecule has 0 atom stereocenters. The molecule has 0 unspecified atom stereocenters. The second kappa shape index (κ2) is 5.66. The molecule has 0 fully saturated rings. The Kier molecular flexibility index (Phi) is 3.94. The zero-order valence-electron chi connectivity index (χ0n) is 10.0. The normalized spacial score (nSPS) is 10.1. The number of nitrogen functional groups attached to an aromatic ring is 1. The zero-order chi connectivity index (χ0) is 14.7. The third kappa shape index (κ3) is 3.29. The Morgan fingerprint density at radius 2 is 2.10 bits per heavy atom. The molecule has 0 amide bonds. The molecular formula is C12H9BrN4O3. The van der Waals surface area contributed by atoms with Crippen LogP contribution in [-0.4, -0.2) is 15.7 Å². The quantitative estimate of drug-likeness (QED) is 0.385. The minimum Gasteiger partial charge on any atom is -0.455 e. The summed E-state index contributed by atoms with van der Waals surface area (Å²) in [5.74, 6) is 0.556. The fourth-order valence-electron chi connectivity index (χ4n) is 1.45. The molecule has 0 saturated heterocycles. The number of aromatic nitrogens is 1. The Morgan fingerprint density at radius 1 is 1.35 bits per heavy atom. The third-order valence-electron chi connectivity index (χ3n) is 2.31. The van der Waals surface area contributed by atoms with E-state index in [1.54, 1.807) is 12.1 Å². The predicted molar refractivity (Wildman–Crippen MR) is 76.1 cm³/mol. The van der Waals surface area contributed by atoms with Crippen LogP contribution in [-0.2, 0) is 0 Å². The summed E-state index contributed by atoms with van der Waals surface area (Å²) in [4.78, 5) is 14.2. The van der Waals surface area contributed by atoms with Gasteiger partial charge in [-0.15, -0.1) is 0 Å². The van der Waals surface area contributed by atoms with E-state index in [1.807, 2.05) is 0 Å². The maximum absolute atomic E-state index is 10.8. The van der Waals surface area contributed by atoms with Crippen molar-refractivity contribution in [2.75, 3.05) is 0 Å². The van der Waals surface area contributed by atoms with Gasteiger partial charge in [-0.2, -0.15) is 0 Å². The molecule has 102 valence electrons. The second-order valence-electron chi connectivity index (χ2n) is 3.80. The first kappa shape index (κ1) is 13.9. The van der Waals surface area contributed by atoms with Gasteiger partial charge < -0.3 is 10.5 Å². The molecule has 0 aliphatic carbocycles. The van der Waals surface area contributed by atoms with Crippen LogP contribution in [0.15, 0.2) is 41.0 Å². The number of nitrogens with one attached hydrogen (secondary N) is 1. The number of halogens is 1. The minimum absolute atomic E-state index is 0.0808. The van der Waals surface area contributed by atoms with Gasteiger partial charge in [-0.3, -0.25) is 15.5 Å². The fourth-order valence-corrected chi connectivity index (χ4v) is 1.91. The number of rotatable bonds is 4. The average molecular weight is 337 g/mol. The van der Waals surface area contributed by atoms with E-state index >= 15 is 0 Å². The van der Waals surface area contributed by atoms with E-state index in [-0.39, 0.29) is 11.5 Å². The van der Waals surface area contributed by atoms with Crippen LogP contribution < -0.4 is 10.5 Å². The summed E-state index contributed by atoms with van der Waals surface area (Å²) < 4.78 is 6.01. The minimum atomic E-state index is -0.505. The van der Waals surface area contributed by atoms with Gasteiger partial charge in [0, 0.05) is 10.5 Å². The van der Waals surface area contributed by atoms with Crippen LogP contribution >= 0.6 is 15.9 Å². The van der Waals surface area contributed by atoms with Crippen molar-refractivity contribution < 1.29 is 9.66 Å². The van der Waals surface area contributed by atoms with E-state index < -0.39 is 4.92 Å². The molecule has 20 heavy (non-hydrogen) atoms. The highest BCUT2D eigenvalue weighted by atomic mass is 79.9. The van der Waals surface area contributed by atoms with Gasteiger partial charge in [0.05, 0.1) is 17.2 Å². The smallest absolute Gasteiger partial charge is 0.274 e. The van der Waals surface area contributed by atoms with Crippen molar-refractivity contribution in [3.63, 3.8) is 0 Å². The lowest BCUT2D eigenvalue weighted by molar-refractivity contribution is -0.385. The fraction of sp³-hybridized carbons (Fsp3) is 0. The number of amidine groups is 1. The molecule has 2 rings (SSSR count). The lowest BCUT2D eigenvalue weighted by Gasteiger charge is -2.06. The van der Waals surface area contributed by atoms with E-state index in [9.17, 15) is 10.1 Å². The van der Waals surface area contributed by atoms with Crippen molar-refractivity contribution in [2.24, 2.45) is 5.73 Å². The molecule has 7 nitrogen and oxygen atoms in total. The number of nitro groups is 1. The van der Waals surface area contributed by atoms with E-state index in [4.69, 9.17) is 15.9 Å². The maximum atomic E-state index is 10.8. The summed E-state index contributed by atoms with van der Waals surface area (Å²) in [5, 5.41) is 18.0. The van der Waals surface area contributed by atoms with Crippen LogP contribution in [0.1, 0.15) is 5.69 Å². The van der Waals surface area contributed by atoms with Crippen molar-refractivity contribution >= 4 is 27.5 Å². The summed E-state index contributed by atoms with van der Waals surface area (Å²) in [6.07, 6.45) is 1.39. The molecule has 0 bridgehead atoms. The Balaban J connectivity index is 2.25. The summed E-state index contributed by atoms with van der Waals surface area (Å²) >= 11 is 3.18. The van der Waals surface area contributed by atoms with Crippen LogP contribution in [0, 0.1) is 15.5 Å². The summed E-state index contributed by atoms with van der Waals surface area (Å²) in [6.45, 7) is 0. The van der Waals surface area contributed by atoms with Crippen LogP contribution in [0.3, 0.4) is 0 Å². The molecule has 0 spiro atoms. The van der Waals surface area contributed by atoms with Crippen LogP contribution in [0.4, 0.5) is 5.69 Å². The van der Waals surface area contributed by atoms with Gasteiger partial charge in [0.1, 0.15) is 23.0 Å². The first-order valence-corrected chi connectivity index (χ1v) is 6.18. The topological polar surface area (TPSA) is 115 Å². The molecule has 3 N–H and O–H groups in total. The van der Waals surface area contributed by atoms with Gasteiger partial charge >= 0.3 is 0 Å². The molecule has 1 heterocycles. The number of benzene rings is 1. The second-order valence-corrected chi connectivity index (χ2v) is 4.71. The maximum Gasteiger partial charge on any atom is 0.274 e. The molecule has 1 aromatic carbocycles. The van der Waals surface area contributed by atoms with Gasteiger partial charge in [-0.1, -0.05) is 15.9 Å². The average Bonchev–Trinajstić information content (AvgIpc) is 2.38. The van der Waals surface area contributed by atoms with Gasteiger partial charge in [0.2, 0.25) is 0 Å². The van der Waals surface area contributed by atoms with E-state index in [0.29, 0.717) is 21.7 Å². The van der Waals surface area contributed by atoms with Crippen molar-refractivity contribution in [3.05, 3.63) is 56.8 Å². The predicted octanol–water partition coefficient (Wildman–Crippen LogP) is 2.83. The molecule has 0 aliphatic heterocycles. The Labute approximate surface area is 122 Å². The first-order chi connectivity index (χ1) is 9.45. The van der Waals surface area contributed by atoms with Crippen molar-refractivity contribution in [2.45, 2.75) is 0 Å². The summed E-state index contributed by atoms with van der Waals surface area (Å²) in [7, 11) is 0. The number of hydrogen-bond donors (Lipinski definition) is 2. The Hall–Kier alpha value is -2.48. The van der Waals surface area contributed by atoms with Crippen molar-refractivity contribution in [3.8, 4) is 11.5 Å². The highest BCUT2D eigenvalue weighted by molar-refractivity contribution is 9.10. The monoisotopic (exact) mass is 336 g/mol. The van der Waals surface area contributed by atoms with E-state index in [0.717, 1.165) is 0 Å². The SMILES string of the molecule is N=C(N)c1ccc(Oc2cc(Br)cc([N+](=O)[O-])c2)cn1. The zero-order valence-corrected chi connectivity index (χ0v) is 11.6. The number of nitrogens with two attached hydrogens (primary N) is 1. The molecular weight excluding hydrogens is 328 g/mol. The number of non-ortho nitro benzene ring substituents is 1. The van der Waals surface area contributed by atoms with Gasteiger partial charge in [-0.05, 0) is 18.2 Å². The molecule has 0 radical (unpaired) electrons. The van der Waals surface area contributed by atoms with E-state index in [1.165, 1.54) is 24.4 Å². The van der Waals surface area contributed by atoms with Gasteiger partial charge in [-0.25, -0.2) is 4.98 Å². The standard InChI is InChI=1S/C12H9BrN4O3/c13-7-3-8(17(18)19)5-10(4-7)20-9-1-2-11(12(14)15)16-6-9/h1-6H,(H3,14,15). The Bertz CT molecular complexity index is 673. The molecule has 0 aliphatic rings. The highest BCUT2D eigenvalue weighted by Gasteiger charge is 2.10. The van der Waals surface area contributed by atoms with Crippen LogP contribution in [0.5, 0.6) is 11.5 Å². The number of hydrogen-bond acceptors (Lipinski definition) is 5. The van der Waals surface area contributed by atoms with Crippen molar-refractivity contribution in [1.29, 1.82) is 5.41 Å². The van der Waals surface area contributed by atoms with Crippen LogP contribution in [0.2, 0.25) is 0 Å². The third-order valence-corrected chi connectivity index (χ3v) is 2.77. The number of pyridine rings is 1. The number of nitro benzene ring substituents is 1. The summed E-state index contributed by atoms with van der Waals surface area (Å²) in [6, 6.07) is 7.40. The Morgan fingerprint density at radius 3 is 2.65 bits per heavy atom. The largest absolute Gasteiger partial charge is 0.455 e. The lowest BCUT2D eigenvalue weighted by Crippen LogP contribution is -2.12. The molecule has 0 saturated carbocycles. The van der Waals surface area contributed by atoms with Crippen LogP contribution in [0.25, 0.3) is 0 Å². The molecule has 2 aromatic rings. The first-order valence-electron chi connectivity index (χ1n) is 5.39. The number of nitrogens with zero attached hydrogens (tertiary/aromatic N) is 2. The van der Waals surface area contributed by atoms with Gasteiger partial charge in [0.15, 0.2) is 0 Å². The molecule has 1 aromatic heterocycles. The summed E-state index contributed by atoms with van der Waals surface area (Å²) in [5.41, 5.74) is 5.54.